The molecule has 7 nitrogen and oxygen atoms in total. The van der Waals surface area contributed by atoms with Gasteiger partial charge in [-0.1, -0.05) is 42.5 Å². The van der Waals surface area contributed by atoms with E-state index < -0.39 is 16.0 Å². The van der Waals surface area contributed by atoms with Crippen LogP contribution in [-0.4, -0.2) is 51.4 Å². The van der Waals surface area contributed by atoms with E-state index in [2.05, 4.69) is 13.2 Å². The van der Waals surface area contributed by atoms with E-state index in [1.807, 2.05) is 18.2 Å². The zero-order valence-corrected chi connectivity index (χ0v) is 19.0. The summed E-state index contributed by atoms with van der Waals surface area (Å²) in [5.41, 5.74) is 2.34. The van der Waals surface area contributed by atoms with Crippen molar-refractivity contribution in [2.75, 3.05) is 30.5 Å². The van der Waals surface area contributed by atoms with Gasteiger partial charge in [-0.2, -0.15) is 0 Å². The number of hydrogen-bond donors (Lipinski definition) is 0. The maximum Gasteiger partial charge on any atom is 0.331 e. The van der Waals surface area contributed by atoms with Crippen molar-refractivity contribution in [2.24, 2.45) is 0 Å². The van der Waals surface area contributed by atoms with Gasteiger partial charge in [0.2, 0.25) is 0 Å². The van der Waals surface area contributed by atoms with E-state index in [9.17, 15) is 18.0 Å². The SMILES string of the molecule is C=CCN(CC=C)C(=O)COC(=O)/C=C/c1ccc(S(=O)(=O)N2CCc3ccccc32)cc1. The molecular weight excluding hydrogens is 440 g/mol. The van der Waals surface area contributed by atoms with E-state index in [0.717, 1.165) is 5.56 Å². The zero-order chi connectivity index (χ0) is 23.8. The molecule has 1 heterocycles. The van der Waals surface area contributed by atoms with Crippen LogP contribution in [0, 0.1) is 0 Å². The maximum atomic E-state index is 13.1. The Hall–Kier alpha value is -3.65. The minimum Gasteiger partial charge on any atom is -0.452 e. The summed E-state index contributed by atoms with van der Waals surface area (Å²) in [6.07, 6.45) is 6.53. The first-order chi connectivity index (χ1) is 15.9. The molecule has 0 N–H and O–H groups in total. The van der Waals surface area contributed by atoms with Crippen LogP contribution in [0.4, 0.5) is 5.69 Å². The molecule has 8 heteroatoms. The predicted molar refractivity (Wildman–Crippen MR) is 128 cm³/mol. The van der Waals surface area contributed by atoms with Crippen molar-refractivity contribution in [2.45, 2.75) is 11.3 Å². The molecule has 0 spiro atoms. The van der Waals surface area contributed by atoms with Crippen LogP contribution in [0.3, 0.4) is 0 Å². The van der Waals surface area contributed by atoms with Crippen LogP contribution in [0.5, 0.6) is 0 Å². The maximum absolute atomic E-state index is 13.1. The average Bonchev–Trinajstić information content (AvgIpc) is 3.26. The van der Waals surface area contributed by atoms with Crippen LogP contribution in [0.15, 0.2) is 84.8 Å². The highest BCUT2D eigenvalue weighted by Crippen LogP contribution is 2.32. The second kappa shape index (κ2) is 10.8. The smallest absolute Gasteiger partial charge is 0.331 e. The molecule has 0 atom stereocenters. The number of nitrogens with zero attached hydrogens (tertiary/aromatic N) is 2. The molecule has 1 aliphatic rings. The molecule has 2 aromatic carbocycles. The van der Waals surface area contributed by atoms with Crippen molar-refractivity contribution < 1.29 is 22.7 Å². The van der Waals surface area contributed by atoms with Gasteiger partial charge in [0.05, 0.1) is 10.6 Å². The summed E-state index contributed by atoms with van der Waals surface area (Å²) in [6.45, 7) is 7.86. The Kier molecular flexibility index (Phi) is 7.84. The Morgan fingerprint density at radius 1 is 1.03 bits per heavy atom. The number of esters is 1. The van der Waals surface area contributed by atoms with Crippen molar-refractivity contribution in [3.05, 3.63) is 91.0 Å². The Morgan fingerprint density at radius 2 is 1.70 bits per heavy atom. The summed E-state index contributed by atoms with van der Waals surface area (Å²) < 4.78 is 32.5. The molecule has 0 radical (unpaired) electrons. The molecule has 0 fully saturated rings. The minimum absolute atomic E-state index is 0.175. The van der Waals surface area contributed by atoms with Gasteiger partial charge in [-0.05, 0) is 41.8 Å². The van der Waals surface area contributed by atoms with Gasteiger partial charge in [-0.15, -0.1) is 13.2 Å². The lowest BCUT2D eigenvalue weighted by Gasteiger charge is -2.19. The quantitative estimate of drug-likeness (QED) is 0.305. The number of ether oxygens (including phenoxy) is 1. The largest absolute Gasteiger partial charge is 0.452 e. The molecule has 0 saturated carbocycles. The fourth-order valence-electron chi connectivity index (χ4n) is 3.46. The number of carbonyl (C=O) groups excluding carboxylic acids is 2. The lowest BCUT2D eigenvalue weighted by atomic mass is 10.2. The number of rotatable bonds is 10. The van der Waals surface area contributed by atoms with Gasteiger partial charge in [0.25, 0.3) is 15.9 Å². The van der Waals surface area contributed by atoms with Gasteiger partial charge in [-0.3, -0.25) is 9.10 Å². The van der Waals surface area contributed by atoms with E-state index in [4.69, 9.17) is 4.74 Å². The highest BCUT2D eigenvalue weighted by molar-refractivity contribution is 7.92. The molecule has 0 saturated heterocycles. The molecule has 1 aliphatic heterocycles. The number of para-hydroxylation sites is 1. The highest BCUT2D eigenvalue weighted by atomic mass is 32.2. The first-order valence-corrected chi connectivity index (χ1v) is 11.9. The summed E-state index contributed by atoms with van der Waals surface area (Å²) in [5, 5.41) is 0. The molecule has 0 aliphatic carbocycles. The highest BCUT2D eigenvalue weighted by Gasteiger charge is 2.30. The third kappa shape index (κ3) is 5.78. The van der Waals surface area contributed by atoms with Crippen LogP contribution < -0.4 is 4.31 Å². The topological polar surface area (TPSA) is 84.0 Å². The normalized spacial score (nSPS) is 12.9. The molecule has 33 heavy (non-hydrogen) atoms. The number of fused-ring (bicyclic) bond motifs is 1. The van der Waals surface area contributed by atoms with E-state index >= 15 is 0 Å². The summed E-state index contributed by atoms with van der Waals surface area (Å²) in [4.78, 5) is 25.7. The lowest BCUT2D eigenvalue weighted by molar-refractivity contribution is -0.147. The Labute approximate surface area is 194 Å². The number of hydrogen-bond acceptors (Lipinski definition) is 5. The molecule has 1 amide bonds. The molecule has 0 unspecified atom stereocenters. The van der Waals surface area contributed by atoms with Gasteiger partial charge < -0.3 is 9.64 Å². The summed E-state index contributed by atoms with van der Waals surface area (Å²) in [7, 11) is -3.67. The van der Waals surface area contributed by atoms with Crippen molar-refractivity contribution in [3.63, 3.8) is 0 Å². The van der Waals surface area contributed by atoms with Gasteiger partial charge in [-0.25, -0.2) is 13.2 Å². The fourth-order valence-corrected chi connectivity index (χ4v) is 4.97. The van der Waals surface area contributed by atoms with Crippen LogP contribution in [0.25, 0.3) is 6.08 Å². The Balaban J connectivity index is 1.60. The first kappa shape index (κ1) is 24.0. The summed E-state index contributed by atoms with van der Waals surface area (Å²) in [6, 6.07) is 13.7. The summed E-state index contributed by atoms with van der Waals surface area (Å²) >= 11 is 0. The minimum atomic E-state index is -3.67. The van der Waals surface area contributed by atoms with Gasteiger partial charge in [0.1, 0.15) is 0 Å². The van der Waals surface area contributed by atoms with Gasteiger partial charge in [0.15, 0.2) is 6.61 Å². The van der Waals surface area contributed by atoms with E-state index in [-0.39, 0.29) is 17.4 Å². The molecule has 2 aromatic rings. The number of amides is 1. The molecule has 0 aromatic heterocycles. The van der Waals surface area contributed by atoms with Crippen LogP contribution >= 0.6 is 0 Å². The van der Waals surface area contributed by atoms with Crippen LogP contribution in [0.2, 0.25) is 0 Å². The average molecular weight is 467 g/mol. The molecular formula is C25H26N2O5S. The van der Waals surface area contributed by atoms with E-state index in [0.29, 0.717) is 37.3 Å². The Bertz CT molecular complexity index is 1160. The predicted octanol–water partition coefficient (Wildman–Crippen LogP) is 3.20. The van der Waals surface area contributed by atoms with Gasteiger partial charge in [0, 0.05) is 25.7 Å². The fraction of sp³-hybridized carbons (Fsp3) is 0.200. The monoisotopic (exact) mass is 466 g/mol. The lowest BCUT2D eigenvalue weighted by Crippen LogP contribution is -2.34. The number of anilines is 1. The molecule has 3 rings (SSSR count). The second-order valence-electron chi connectivity index (χ2n) is 7.34. The summed E-state index contributed by atoms with van der Waals surface area (Å²) in [5.74, 6) is -1.03. The van der Waals surface area contributed by atoms with Crippen LogP contribution in [0.1, 0.15) is 11.1 Å². The third-order valence-electron chi connectivity index (χ3n) is 5.11. The number of benzene rings is 2. The molecule has 172 valence electrons. The number of sulfonamides is 1. The van der Waals surface area contributed by atoms with Crippen molar-refractivity contribution in [3.8, 4) is 0 Å². The number of carbonyl (C=O) groups is 2. The third-order valence-corrected chi connectivity index (χ3v) is 6.94. The van der Waals surface area contributed by atoms with Crippen LogP contribution in [-0.2, 0) is 30.8 Å². The van der Waals surface area contributed by atoms with Crippen molar-refractivity contribution >= 4 is 33.7 Å². The standard InChI is InChI=1S/C25H26N2O5S/c1-3-16-26(17-4-2)24(28)19-32-25(29)14-11-20-9-12-22(13-10-20)33(30,31)27-18-15-21-7-5-6-8-23(21)27/h3-14H,1-2,15-19H2/b14-11+. The zero-order valence-electron chi connectivity index (χ0n) is 18.2. The molecule has 0 bridgehead atoms. The van der Waals surface area contributed by atoms with Crippen molar-refractivity contribution in [1.29, 1.82) is 0 Å². The Morgan fingerprint density at radius 3 is 2.36 bits per heavy atom. The second-order valence-corrected chi connectivity index (χ2v) is 9.20. The van der Waals surface area contributed by atoms with E-state index in [1.165, 1.54) is 33.5 Å². The van der Waals surface area contributed by atoms with Crippen molar-refractivity contribution in [1.82, 2.24) is 4.90 Å². The first-order valence-electron chi connectivity index (χ1n) is 10.4. The van der Waals surface area contributed by atoms with Gasteiger partial charge >= 0.3 is 5.97 Å². The van der Waals surface area contributed by atoms with E-state index in [1.54, 1.807) is 30.4 Å².